The van der Waals surface area contributed by atoms with Crippen molar-refractivity contribution in [2.24, 2.45) is 10.3 Å². The van der Waals surface area contributed by atoms with Crippen molar-refractivity contribution in [1.29, 1.82) is 0 Å². The van der Waals surface area contributed by atoms with E-state index in [-0.39, 0.29) is 27.0 Å². The second-order valence-corrected chi connectivity index (χ2v) is 10.3. The van der Waals surface area contributed by atoms with E-state index in [1.165, 1.54) is 22.2 Å². The molecule has 0 aliphatic carbocycles. The third-order valence-corrected chi connectivity index (χ3v) is 6.15. The van der Waals surface area contributed by atoms with Crippen LogP contribution in [0.2, 0.25) is 0 Å². The molecule has 0 unspecified atom stereocenters. The van der Waals surface area contributed by atoms with E-state index in [9.17, 15) is 0 Å². The summed E-state index contributed by atoms with van der Waals surface area (Å²) in [7, 11) is 0. The fraction of sp³-hybridized carbons (Fsp3) is 0.143. The van der Waals surface area contributed by atoms with E-state index in [1.807, 2.05) is 87.6 Å². The van der Waals surface area contributed by atoms with Crippen LogP contribution < -0.4 is 10.9 Å². The molecule has 1 aliphatic rings. The van der Waals surface area contributed by atoms with Crippen LogP contribution in [0.3, 0.4) is 0 Å². The second-order valence-electron chi connectivity index (χ2n) is 10.3. The van der Waals surface area contributed by atoms with Crippen molar-refractivity contribution < 1.29 is 22.8 Å². The summed E-state index contributed by atoms with van der Waals surface area (Å²) in [6, 6.07) is 42.8. The molecule has 1 aromatic heterocycles. The standard InChI is InChI=1S/C19H13BN.C16H18N.Ir/c1-3-7-15(8-4-1)16-11-12-19-17(13-16)14-21-20(19)18-9-5-2-6-10-18;1-16(2,3)11-13-9-10-15(17-12-13)14-7-5-4-6-8-14;/h1-9,11-14H;4-7,9-10,12H,11H2,1-3H3;/q2*-1;/i;11D2;. The molecule has 195 valence electrons. The topological polar surface area (TPSA) is 25.2 Å². The molecule has 4 heteroatoms. The van der Waals surface area contributed by atoms with Crippen LogP contribution in [0.15, 0.2) is 120 Å². The van der Waals surface area contributed by atoms with Gasteiger partial charge in [0.2, 0.25) is 0 Å². The van der Waals surface area contributed by atoms with E-state index in [0.717, 1.165) is 16.7 Å². The Morgan fingerprint density at radius 1 is 0.795 bits per heavy atom. The maximum absolute atomic E-state index is 8.21. The zero-order valence-electron chi connectivity index (χ0n) is 24.4. The number of aromatic nitrogens is 1. The minimum atomic E-state index is -1.40. The number of fused-ring (bicyclic) bond motifs is 1. The summed E-state index contributed by atoms with van der Waals surface area (Å²) in [6.45, 7) is 5.77. The number of hydrogen-bond donors (Lipinski definition) is 0. The number of hydrogen-bond acceptors (Lipinski definition) is 2. The molecule has 0 saturated carbocycles. The Morgan fingerprint density at radius 3 is 2.18 bits per heavy atom. The zero-order chi connectivity index (χ0) is 28.2. The Labute approximate surface area is 249 Å². The van der Waals surface area contributed by atoms with Crippen LogP contribution in [0.5, 0.6) is 0 Å². The molecule has 4 aromatic carbocycles. The van der Waals surface area contributed by atoms with Crippen LogP contribution in [0.1, 0.15) is 34.6 Å². The smallest absolute Gasteiger partial charge is 0.320 e. The van der Waals surface area contributed by atoms with E-state index < -0.39 is 11.8 Å². The van der Waals surface area contributed by atoms with Crippen molar-refractivity contribution >= 4 is 24.0 Å². The van der Waals surface area contributed by atoms with Gasteiger partial charge in [-0.15, -0.1) is 35.9 Å². The van der Waals surface area contributed by atoms with Gasteiger partial charge in [-0.1, -0.05) is 75.4 Å². The van der Waals surface area contributed by atoms with Gasteiger partial charge < -0.3 is 9.89 Å². The molecule has 39 heavy (non-hydrogen) atoms. The first-order valence-corrected chi connectivity index (χ1v) is 12.9. The Morgan fingerprint density at radius 2 is 1.54 bits per heavy atom. The van der Waals surface area contributed by atoms with Crippen molar-refractivity contribution in [3.63, 3.8) is 0 Å². The first-order valence-electron chi connectivity index (χ1n) is 13.9. The van der Waals surface area contributed by atoms with Gasteiger partial charge in [-0.2, -0.15) is 35.8 Å². The van der Waals surface area contributed by atoms with Gasteiger partial charge in [0.25, 0.3) is 0 Å². The monoisotopic (exact) mass is 685 g/mol. The SMILES string of the molecule is [2H]C([2H])(c1ccc(-c2[c-]cccc2)nc1)C(C)(C)C.[Ir].[c-]1ccccc1B1N=Cc2cc(-c3ccccc3)ccc21. The quantitative estimate of drug-likeness (QED) is 0.151. The van der Waals surface area contributed by atoms with Crippen molar-refractivity contribution in [1.82, 2.24) is 4.98 Å². The van der Waals surface area contributed by atoms with Gasteiger partial charge in [0.15, 0.2) is 0 Å². The molecule has 1 radical (unpaired) electrons. The molecular weight excluding hydrogens is 651 g/mol. The van der Waals surface area contributed by atoms with E-state index in [2.05, 4.69) is 70.6 Å². The Balaban J connectivity index is 0.000000186. The van der Waals surface area contributed by atoms with Crippen LogP contribution >= 0.6 is 0 Å². The molecule has 0 saturated heterocycles. The summed E-state index contributed by atoms with van der Waals surface area (Å²) >= 11 is 0. The third-order valence-electron chi connectivity index (χ3n) is 6.15. The van der Waals surface area contributed by atoms with Gasteiger partial charge in [-0.25, -0.2) is 0 Å². The van der Waals surface area contributed by atoms with Crippen LogP contribution in [-0.2, 0) is 26.5 Å². The zero-order valence-corrected chi connectivity index (χ0v) is 24.7. The van der Waals surface area contributed by atoms with Crippen molar-refractivity contribution in [3.05, 3.63) is 139 Å². The van der Waals surface area contributed by atoms with Crippen LogP contribution in [0.25, 0.3) is 22.4 Å². The molecule has 0 spiro atoms. The average Bonchev–Trinajstić information content (AvgIpc) is 3.42. The predicted octanol–water partition coefficient (Wildman–Crippen LogP) is 6.83. The first-order chi connectivity index (χ1) is 19.2. The molecule has 1 aliphatic heterocycles. The van der Waals surface area contributed by atoms with E-state index in [0.29, 0.717) is 5.56 Å². The minimum absolute atomic E-state index is 0. The predicted molar refractivity (Wildman–Crippen MR) is 161 cm³/mol. The largest absolute Gasteiger partial charge is 0.338 e. The molecule has 6 rings (SSSR count). The Bertz CT molecular complexity index is 1590. The van der Waals surface area contributed by atoms with E-state index >= 15 is 0 Å². The summed E-state index contributed by atoms with van der Waals surface area (Å²) in [4.78, 5) is 9.01. The minimum Gasteiger partial charge on any atom is -0.338 e. The summed E-state index contributed by atoms with van der Waals surface area (Å²) < 4.78 is 16.4. The summed E-state index contributed by atoms with van der Waals surface area (Å²) in [6.07, 6.45) is 2.20. The molecule has 0 fully saturated rings. The molecule has 0 N–H and O–H groups in total. The van der Waals surface area contributed by atoms with Gasteiger partial charge in [0.05, 0.1) is 0 Å². The fourth-order valence-corrected chi connectivity index (χ4v) is 4.42. The van der Waals surface area contributed by atoms with Crippen molar-refractivity contribution in [3.8, 4) is 22.4 Å². The fourth-order valence-electron chi connectivity index (χ4n) is 4.42. The number of benzene rings is 4. The normalized spacial score (nSPS) is 12.8. The molecule has 0 bridgehead atoms. The van der Waals surface area contributed by atoms with Crippen molar-refractivity contribution in [2.45, 2.75) is 27.1 Å². The van der Waals surface area contributed by atoms with E-state index in [4.69, 9.17) is 2.74 Å². The summed E-state index contributed by atoms with van der Waals surface area (Å²) in [5, 5.41) is 0. The van der Waals surface area contributed by atoms with Crippen LogP contribution in [0.4, 0.5) is 0 Å². The summed E-state index contributed by atoms with van der Waals surface area (Å²) in [5.74, 6) is 0. The molecular formula is C35H31BIrN2-2. The maximum Gasteiger partial charge on any atom is 0.320 e. The Hall–Kier alpha value is -3.59. The number of rotatable bonds is 4. The summed E-state index contributed by atoms with van der Waals surface area (Å²) in [5.41, 5.74) is 7.95. The molecule has 0 atom stereocenters. The molecule has 2 heterocycles. The van der Waals surface area contributed by atoms with Crippen LogP contribution in [0, 0.1) is 17.5 Å². The van der Waals surface area contributed by atoms with E-state index in [1.54, 1.807) is 6.20 Å². The maximum atomic E-state index is 8.21. The second kappa shape index (κ2) is 13.0. The Kier molecular flexibility index (Phi) is 8.54. The third kappa shape index (κ3) is 7.50. The molecule has 2 nitrogen and oxygen atoms in total. The molecule has 5 aromatic rings. The van der Waals surface area contributed by atoms with Gasteiger partial charge in [-0.3, -0.25) is 0 Å². The van der Waals surface area contributed by atoms with Gasteiger partial charge in [-0.05, 0) is 51.3 Å². The number of nitrogens with zero attached hydrogens (tertiary/aromatic N) is 2. The van der Waals surface area contributed by atoms with Gasteiger partial charge in [0, 0.05) is 35.3 Å². The van der Waals surface area contributed by atoms with Crippen molar-refractivity contribution in [2.75, 3.05) is 0 Å². The van der Waals surface area contributed by atoms with Crippen LogP contribution in [-0.4, -0.2) is 18.0 Å². The average molecular weight is 685 g/mol. The number of pyridine rings is 1. The molecule has 0 amide bonds. The van der Waals surface area contributed by atoms with Gasteiger partial charge >= 0.3 is 6.85 Å². The van der Waals surface area contributed by atoms with Gasteiger partial charge in [0.1, 0.15) is 0 Å². The first kappa shape index (κ1) is 25.7.